The molecule has 1 N–H and O–H groups in total. The van der Waals surface area contributed by atoms with Crippen molar-refractivity contribution in [2.24, 2.45) is 0 Å². The molecule has 118 valence electrons. The van der Waals surface area contributed by atoms with E-state index in [2.05, 4.69) is 5.32 Å². The number of non-ortho nitro benzene ring substituents is 1. The minimum Gasteiger partial charge on any atom is -0.450 e. The molecular formula is C15H18N2O5. The zero-order valence-corrected chi connectivity index (χ0v) is 12.4. The lowest BCUT2D eigenvalue weighted by Gasteiger charge is -2.11. The third-order valence-electron chi connectivity index (χ3n) is 2.69. The maximum Gasteiger partial charge on any atom is 0.407 e. The van der Waals surface area contributed by atoms with Crippen molar-refractivity contribution in [1.82, 2.24) is 5.32 Å². The highest BCUT2D eigenvalue weighted by atomic mass is 16.6. The lowest BCUT2D eigenvalue weighted by Crippen LogP contribution is -2.34. The Bertz CT molecular complexity index is 583. The first-order valence-electron chi connectivity index (χ1n) is 6.81. The number of ether oxygens (including phenoxy) is 1. The molecule has 1 rings (SSSR count). The highest BCUT2D eigenvalue weighted by molar-refractivity contribution is 5.94. The second kappa shape index (κ2) is 8.56. The van der Waals surface area contributed by atoms with Crippen LogP contribution in [0.5, 0.6) is 0 Å². The van der Waals surface area contributed by atoms with Gasteiger partial charge in [0.2, 0.25) is 0 Å². The van der Waals surface area contributed by atoms with Gasteiger partial charge in [-0.15, -0.1) is 0 Å². The lowest BCUT2D eigenvalue weighted by molar-refractivity contribution is -0.384. The molecule has 0 aliphatic heterocycles. The Morgan fingerprint density at radius 3 is 2.82 bits per heavy atom. The average Bonchev–Trinajstić information content (AvgIpc) is 2.45. The molecule has 1 amide bonds. The van der Waals surface area contributed by atoms with Crippen molar-refractivity contribution in [3.05, 3.63) is 46.0 Å². The van der Waals surface area contributed by atoms with Crippen LogP contribution >= 0.6 is 0 Å². The summed E-state index contributed by atoms with van der Waals surface area (Å²) in [6, 6.07) is 5.61. The van der Waals surface area contributed by atoms with E-state index in [0.29, 0.717) is 5.56 Å². The van der Waals surface area contributed by atoms with Gasteiger partial charge in [-0.1, -0.05) is 18.2 Å². The molecule has 0 aliphatic carbocycles. The number of ketones is 1. The first-order valence-corrected chi connectivity index (χ1v) is 6.81. The van der Waals surface area contributed by atoms with Crippen molar-refractivity contribution in [2.75, 3.05) is 6.61 Å². The maximum absolute atomic E-state index is 11.8. The SMILES string of the molecule is CCOC(=O)N[C@H](C)CC(=O)/C=C/c1cccc([N+](=O)[O-])c1. The van der Waals surface area contributed by atoms with Gasteiger partial charge in [-0.25, -0.2) is 4.79 Å². The topological polar surface area (TPSA) is 98.5 Å². The van der Waals surface area contributed by atoms with Gasteiger partial charge in [0.1, 0.15) is 0 Å². The van der Waals surface area contributed by atoms with Gasteiger partial charge in [0.05, 0.1) is 11.5 Å². The molecular weight excluding hydrogens is 288 g/mol. The van der Waals surface area contributed by atoms with Crippen molar-refractivity contribution < 1.29 is 19.2 Å². The monoisotopic (exact) mass is 306 g/mol. The Hall–Kier alpha value is -2.70. The normalized spacial score (nSPS) is 11.9. The molecule has 0 fully saturated rings. The average molecular weight is 306 g/mol. The minimum absolute atomic E-state index is 0.0352. The fourth-order valence-corrected chi connectivity index (χ4v) is 1.73. The second-order valence-electron chi connectivity index (χ2n) is 4.62. The van der Waals surface area contributed by atoms with E-state index in [1.807, 2.05) is 0 Å². The van der Waals surface area contributed by atoms with E-state index in [-0.39, 0.29) is 30.5 Å². The number of nitrogens with zero attached hydrogens (tertiary/aromatic N) is 1. The third kappa shape index (κ3) is 6.17. The molecule has 0 saturated carbocycles. The second-order valence-corrected chi connectivity index (χ2v) is 4.62. The van der Waals surface area contributed by atoms with Gasteiger partial charge in [-0.3, -0.25) is 14.9 Å². The summed E-state index contributed by atoms with van der Waals surface area (Å²) < 4.78 is 4.72. The van der Waals surface area contributed by atoms with Gasteiger partial charge in [0.25, 0.3) is 5.69 Å². The fourth-order valence-electron chi connectivity index (χ4n) is 1.73. The van der Waals surface area contributed by atoms with Crippen LogP contribution in [0.1, 0.15) is 25.8 Å². The zero-order valence-electron chi connectivity index (χ0n) is 12.4. The minimum atomic E-state index is -0.564. The predicted octanol–water partition coefficient (Wildman–Crippen LogP) is 2.70. The molecule has 1 atom stereocenters. The summed E-state index contributed by atoms with van der Waals surface area (Å²) in [6.45, 7) is 3.65. The molecule has 0 spiro atoms. The molecule has 0 heterocycles. The summed E-state index contributed by atoms with van der Waals surface area (Å²) >= 11 is 0. The Morgan fingerprint density at radius 1 is 1.45 bits per heavy atom. The van der Waals surface area contributed by atoms with E-state index in [1.165, 1.54) is 24.3 Å². The van der Waals surface area contributed by atoms with Gasteiger partial charge in [-0.05, 0) is 25.5 Å². The standard InChI is InChI=1S/C15H18N2O5/c1-3-22-15(19)16-11(2)9-14(18)8-7-12-5-4-6-13(10-12)17(20)21/h4-8,10-11H,3,9H2,1-2H3,(H,16,19)/b8-7+/t11-/m1/s1. The van der Waals surface area contributed by atoms with Crippen LogP contribution in [-0.4, -0.2) is 29.4 Å². The fraction of sp³-hybridized carbons (Fsp3) is 0.333. The smallest absolute Gasteiger partial charge is 0.407 e. The van der Waals surface area contributed by atoms with Crippen molar-refractivity contribution in [1.29, 1.82) is 0 Å². The molecule has 0 aromatic heterocycles. The van der Waals surface area contributed by atoms with Crippen LogP contribution in [0, 0.1) is 10.1 Å². The molecule has 0 radical (unpaired) electrons. The summed E-state index contributed by atoms with van der Waals surface area (Å²) in [4.78, 5) is 33.1. The number of amides is 1. The number of allylic oxidation sites excluding steroid dienone is 1. The van der Waals surface area contributed by atoms with Crippen LogP contribution in [0.2, 0.25) is 0 Å². The summed E-state index contributed by atoms with van der Waals surface area (Å²) in [5, 5.41) is 13.2. The van der Waals surface area contributed by atoms with E-state index in [9.17, 15) is 19.7 Å². The van der Waals surface area contributed by atoms with E-state index < -0.39 is 11.0 Å². The number of nitro benzene ring substituents is 1. The number of nitro groups is 1. The van der Waals surface area contributed by atoms with Crippen LogP contribution in [-0.2, 0) is 9.53 Å². The van der Waals surface area contributed by atoms with Crippen LogP contribution in [0.3, 0.4) is 0 Å². The molecule has 0 bridgehead atoms. The Morgan fingerprint density at radius 2 is 2.18 bits per heavy atom. The molecule has 0 aliphatic rings. The Balaban J connectivity index is 2.55. The largest absolute Gasteiger partial charge is 0.450 e. The van der Waals surface area contributed by atoms with Gasteiger partial charge in [-0.2, -0.15) is 0 Å². The van der Waals surface area contributed by atoms with Gasteiger partial charge in [0, 0.05) is 24.6 Å². The van der Waals surface area contributed by atoms with E-state index >= 15 is 0 Å². The maximum atomic E-state index is 11.8. The molecule has 7 heteroatoms. The van der Waals surface area contributed by atoms with Crippen molar-refractivity contribution >= 4 is 23.6 Å². The van der Waals surface area contributed by atoms with Crippen LogP contribution in [0.25, 0.3) is 6.08 Å². The lowest BCUT2D eigenvalue weighted by atomic mass is 10.1. The van der Waals surface area contributed by atoms with Crippen molar-refractivity contribution in [2.45, 2.75) is 26.3 Å². The van der Waals surface area contributed by atoms with Crippen LogP contribution in [0.4, 0.5) is 10.5 Å². The Kier molecular flexibility index (Phi) is 6.75. The quantitative estimate of drug-likeness (QED) is 0.474. The number of hydrogen-bond donors (Lipinski definition) is 1. The molecule has 1 aromatic carbocycles. The number of benzene rings is 1. The first-order chi connectivity index (χ1) is 10.4. The van der Waals surface area contributed by atoms with E-state index in [4.69, 9.17) is 4.74 Å². The zero-order chi connectivity index (χ0) is 16.5. The van der Waals surface area contributed by atoms with Crippen LogP contribution in [0.15, 0.2) is 30.3 Å². The predicted molar refractivity (Wildman–Crippen MR) is 81.4 cm³/mol. The summed E-state index contributed by atoms with van der Waals surface area (Å²) in [5.41, 5.74) is 0.528. The number of nitrogens with one attached hydrogen (secondary N) is 1. The van der Waals surface area contributed by atoms with Crippen molar-refractivity contribution in [3.63, 3.8) is 0 Å². The van der Waals surface area contributed by atoms with Gasteiger partial charge < -0.3 is 10.1 Å². The van der Waals surface area contributed by atoms with Gasteiger partial charge >= 0.3 is 6.09 Å². The highest BCUT2D eigenvalue weighted by Crippen LogP contribution is 2.14. The highest BCUT2D eigenvalue weighted by Gasteiger charge is 2.10. The number of carbonyl (C=O) groups is 2. The number of hydrogen-bond acceptors (Lipinski definition) is 5. The van der Waals surface area contributed by atoms with Gasteiger partial charge in [0.15, 0.2) is 5.78 Å². The summed E-state index contributed by atoms with van der Waals surface area (Å²) in [6.07, 6.45) is 2.39. The first kappa shape index (κ1) is 17.4. The Labute approximate surface area is 128 Å². The van der Waals surface area contributed by atoms with Crippen LogP contribution < -0.4 is 5.32 Å². The third-order valence-corrected chi connectivity index (χ3v) is 2.69. The molecule has 7 nitrogen and oxygen atoms in total. The summed E-state index contributed by atoms with van der Waals surface area (Å²) in [5.74, 6) is -0.198. The molecule has 22 heavy (non-hydrogen) atoms. The van der Waals surface area contributed by atoms with E-state index in [0.717, 1.165) is 0 Å². The molecule has 0 unspecified atom stereocenters. The van der Waals surface area contributed by atoms with E-state index in [1.54, 1.807) is 26.0 Å². The molecule has 0 saturated heterocycles. The number of carbonyl (C=O) groups excluding carboxylic acids is 2. The number of rotatable bonds is 7. The molecule has 1 aromatic rings. The summed E-state index contributed by atoms with van der Waals surface area (Å²) in [7, 11) is 0. The van der Waals surface area contributed by atoms with Crippen molar-refractivity contribution in [3.8, 4) is 0 Å². The number of alkyl carbamates (subject to hydrolysis) is 1.